The molecule has 0 radical (unpaired) electrons. The standard InChI is InChI=1S/C17H22N2O4S/c1-11(2)9-14-5-7-15(8-6-14)24(21,22)19-18-17(20)16-10-12(3)23-13(16)4/h5-8,10-11,19H,9H2,1-4H3,(H,18,20). The lowest BCUT2D eigenvalue weighted by Crippen LogP contribution is -2.41. The molecule has 0 fully saturated rings. The minimum Gasteiger partial charge on any atom is -0.466 e. The van der Waals surface area contributed by atoms with Crippen molar-refractivity contribution in [2.24, 2.45) is 5.92 Å². The van der Waals surface area contributed by atoms with Crippen molar-refractivity contribution in [2.45, 2.75) is 39.0 Å². The van der Waals surface area contributed by atoms with Gasteiger partial charge in [-0.3, -0.25) is 10.2 Å². The van der Waals surface area contributed by atoms with Gasteiger partial charge < -0.3 is 4.42 Å². The van der Waals surface area contributed by atoms with Crippen LogP contribution in [0.15, 0.2) is 39.6 Å². The summed E-state index contributed by atoms with van der Waals surface area (Å²) in [5.74, 6) is 0.944. The van der Waals surface area contributed by atoms with Crippen LogP contribution in [0.1, 0.15) is 41.3 Å². The third-order valence-electron chi connectivity index (χ3n) is 3.46. The Labute approximate surface area is 142 Å². The summed E-state index contributed by atoms with van der Waals surface area (Å²) in [5, 5.41) is 0. The number of aryl methyl sites for hydroxylation is 2. The molecule has 2 rings (SSSR count). The first-order valence-corrected chi connectivity index (χ1v) is 9.15. The average molecular weight is 350 g/mol. The zero-order valence-electron chi connectivity index (χ0n) is 14.2. The Bertz CT molecular complexity index is 821. The minimum atomic E-state index is -3.83. The van der Waals surface area contributed by atoms with Crippen LogP contribution in [0, 0.1) is 19.8 Å². The van der Waals surface area contributed by atoms with Crippen LogP contribution in [0.3, 0.4) is 0 Å². The Kier molecular flexibility index (Phi) is 5.46. The van der Waals surface area contributed by atoms with E-state index in [1.54, 1.807) is 32.0 Å². The molecule has 24 heavy (non-hydrogen) atoms. The van der Waals surface area contributed by atoms with Crippen LogP contribution >= 0.6 is 0 Å². The molecule has 1 heterocycles. The second-order valence-corrected chi connectivity index (χ2v) is 7.81. The molecular weight excluding hydrogens is 328 g/mol. The van der Waals surface area contributed by atoms with Gasteiger partial charge in [-0.25, -0.2) is 8.42 Å². The normalized spacial score (nSPS) is 11.7. The molecule has 0 aliphatic carbocycles. The maximum absolute atomic E-state index is 12.2. The van der Waals surface area contributed by atoms with Crippen molar-refractivity contribution < 1.29 is 17.6 Å². The van der Waals surface area contributed by atoms with Crippen molar-refractivity contribution in [3.8, 4) is 0 Å². The molecule has 0 unspecified atom stereocenters. The molecule has 7 heteroatoms. The van der Waals surface area contributed by atoms with E-state index < -0.39 is 15.9 Å². The predicted molar refractivity (Wildman–Crippen MR) is 91.0 cm³/mol. The van der Waals surface area contributed by atoms with Crippen LogP contribution in [0.4, 0.5) is 0 Å². The lowest BCUT2D eigenvalue weighted by Gasteiger charge is -2.09. The number of carbonyl (C=O) groups is 1. The van der Waals surface area contributed by atoms with Gasteiger partial charge in [0.05, 0.1) is 10.5 Å². The van der Waals surface area contributed by atoms with E-state index in [0.717, 1.165) is 12.0 Å². The minimum absolute atomic E-state index is 0.0930. The average Bonchev–Trinajstić information content (AvgIpc) is 2.83. The van der Waals surface area contributed by atoms with Crippen molar-refractivity contribution >= 4 is 15.9 Å². The molecule has 0 saturated carbocycles. The molecule has 2 aromatic rings. The Balaban J connectivity index is 2.05. The van der Waals surface area contributed by atoms with Crippen molar-refractivity contribution in [1.29, 1.82) is 0 Å². The number of rotatable bonds is 6. The number of hydrogen-bond donors (Lipinski definition) is 2. The number of hydrogen-bond acceptors (Lipinski definition) is 4. The van der Waals surface area contributed by atoms with Crippen LogP contribution in [-0.2, 0) is 16.4 Å². The van der Waals surface area contributed by atoms with Gasteiger partial charge in [-0.2, -0.15) is 0 Å². The SMILES string of the molecule is Cc1cc(C(=O)NNS(=O)(=O)c2ccc(CC(C)C)cc2)c(C)o1. The fourth-order valence-corrected chi connectivity index (χ4v) is 3.21. The van der Waals surface area contributed by atoms with Crippen molar-refractivity contribution in [2.75, 3.05) is 0 Å². The largest absolute Gasteiger partial charge is 0.466 e. The lowest BCUT2D eigenvalue weighted by atomic mass is 10.0. The van der Waals surface area contributed by atoms with Gasteiger partial charge in [0.1, 0.15) is 11.5 Å². The number of furan rings is 1. The second-order valence-electron chi connectivity index (χ2n) is 6.13. The molecule has 1 aromatic carbocycles. The summed E-state index contributed by atoms with van der Waals surface area (Å²) in [6.07, 6.45) is 0.879. The highest BCUT2D eigenvalue weighted by molar-refractivity contribution is 7.89. The molecule has 2 N–H and O–H groups in total. The van der Waals surface area contributed by atoms with E-state index in [2.05, 4.69) is 24.1 Å². The van der Waals surface area contributed by atoms with Crippen LogP contribution in [0.2, 0.25) is 0 Å². The molecule has 0 bridgehead atoms. The fraction of sp³-hybridized carbons (Fsp3) is 0.353. The van der Waals surface area contributed by atoms with Gasteiger partial charge in [-0.05, 0) is 49.9 Å². The van der Waals surface area contributed by atoms with Gasteiger partial charge in [0.15, 0.2) is 0 Å². The molecule has 1 aromatic heterocycles. The van der Waals surface area contributed by atoms with Gasteiger partial charge in [0.25, 0.3) is 15.9 Å². The van der Waals surface area contributed by atoms with Crippen LogP contribution in [-0.4, -0.2) is 14.3 Å². The van der Waals surface area contributed by atoms with E-state index in [1.165, 1.54) is 12.1 Å². The summed E-state index contributed by atoms with van der Waals surface area (Å²) in [4.78, 5) is 14.2. The van der Waals surface area contributed by atoms with E-state index in [9.17, 15) is 13.2 Å². The second kappa shape index (κ2) is 7.19. The Hall–Kier alpha value is -2.12. The number of carbonyl (C=O) groups excluding carboxylic acids is 1. The highest BCUT2D eigenvalue weighted by Gasteiger charge is 2.18. The highest BCUT2D eigenvalue weighted by Crippen LogP contribution is 2.15. The monoisotopic (exact) mass is 350 g/mol. The number of benzene rings is 1. The van der Waals surface area contributed by atoms with E-state index in [1.807, 2.05) is 0 Å². The third-order valence-corrected chi connectivity index (χ3v) is 4.73. The highest BCUT2D eigenvalue weighted by atomic mass is 32.2. The topological polar surface area (TPSA) is 88.4 Å². The molecule has 0 spiro atoms. The molecule has 0 aliphatic heterocycles. The number of hydrazine groups is 1. The molecular formula is C17H22N2O4S. The predicted octanol–water partition coefficient (Wildman–Crippen LogP) is 2.72. The molecule has 0 saturated heterocycles. The Morgan fingerprint density at radius 2 is 1.79 bits per heavy atom. The van der Waals surface area contributed by atoms with Crippen LogP contribution < -0.4 is 10.3 Å². The maximum atomic E-state index is 12.2. The van der Waals surface area contributed by atoms with Gasteiger partial charge in [0, 0.05) is 0 Å². The maximum Gasteiger partial charge on any atom is 0.269 e. The summed E-state index contributed by atoms with van der Waals surface area (Å²) < 4.78 is 29.7. The van der Waals surface area contributed by atoms with Crippen LogP contribution in [0.25, 0.3) is 0 Å². The van der Waals surface area contributed by atoms with Crippen molar-refractivity contribution in [3.63, 3.8) is 0 Å². The fourth-order valence-electron chi connectivity index (χ4n) is 2.37. The van der Waals surface area contributed by atoms with E-state index >= 15 is 0 Å². The zero-order valence-corrected chi connectivity index (χ0v) is 15.0. The first kappa shape index (κ1) is 18.2. The molecule has 130 valence electrons. The molecule has 1 amide bonds. The van der Waals surface area contributed by atoms with Gasteiger partial charge >= 0.3 is 0 Å². The Morgan fingerprint density at radius 3 is 2.29 bits per heavy atom. The van der Waals surface area contributed by atoms with E-state index in [-0.39, 0.29) is 4.90 Å². The van der Waals surface area contributed by atoms with Gasteiger partial charge in [-0.1, -0.05) is 26.0 Å². The first-order chi connectivity index (χ1) is 11.2. The molecule has 0 aliphatic rings. The molecule has 6 nitrogen and oxygen atoms in total. The number of sulfonamides is 1. The summed E-state index contributed by atoms with van der Waals surface area (Å²) in [6, 6.07) is 8.17. The van der Waals surface area contributed by atoms with E-state index in [0.29, 0.717) is 23.0 Å². The van der Waals surface area contributed by atoms with Crippen molar-refractivity contribution in [1.82, 2.24) is 10.3 Å². The summed E-state index contributed by atoms with van der Waals surface area (Å²) in [7, 11) is -3.83. The first-order valence-electron chi connectivity index (χ1n) is 7.67. The molecule has 0 atom stereocenters. The summed E-state index contributed by atoms with van der Waals surface area (Å²) >= 11 is 0. The zero-order chi connectivity index (χ0) is 17.9. The van der Waals surface area contributed by atoms with Crippen molar-refractivity contribution in [3.05, 3.63) is 53.0 Å². The van der Waals surface area contributed by atoms with Crippen LogP contribution in [0.5, 0.6) is 0 Å². The Morgan fingerprint density at radius 1 is 1.17 bits per heavy atom. The lowest BCUT2D eigenvalue weighted by molar-refractivity contribution is 0.0943. The third kappa shape index (κ3) is 4.46. The number of nitrogens with one attached hydrogen (secondary N) is 2. The number of amides is 1. The van der Waals surface area contributed by atoms with Gasteiger partial charge in [-0.15, -0.1) is 4.83 Å². The summed E-state index contributed by atoms with van der Waals surface area (Å²) in [5.41, 5.74) is 3.56. The summed E-state index contributed by atoms with van der Waals surface area (Å²) in [6.45, 7) is 7.55. The van der Waals surface area contributed by atoms with Gasteiger partial charge in [0.2, 0.25) is 0 Å². The quantitative estimate of drug-likeness (QED) is 0.784. The van der Waals surface area contributed by atoms with E-state index in [4.69, 9.17) is 4.42 Å². The smallest absolute Gasteiger partial charge is 0.269 e.